The van der Waals surface area contributed by atoms with Gasteiger partial charge in [0.1, 0.15) is 5.56 Å². The topological polar surface area (TPSA) is 38.2 Å². The zero-order valence-corrected chi connectivity index (χ0v) is 10.8. The molecular weight excluding hydrogens is 271 g/mol. The highest BCUT2D eigenvalue weighted by molar-refractivity contribution is 5.62. The van der Waals surface area contributed by atoms with E-state index in [4.69, 9.17) is 4.74 Å². The molecule has 106 valence electrons. The summed E-state index contributed by atoms with van der Waals surface area (Å²) in [6.07, 6.45) is -3.81. The van der Waals surface area contributed by atoms with Gasteiger partial charge in [-0.05, 0) is 12.1 Å². The van der Waals surface area contributed by atoms with Crippen LogP contribution in [0.25, 0.3) is 0 Å². The zero-order valence-electron chi connectivity index (χ0n) is 10.8. The van der Waals surface area contributed by atoms with Gasteiger partial charge in [-0.3, -0.25) is 0 Å². The van der Waals surface area contributed by atoms with Gasteiger partial charge in [0.2, 0.25) is 0 Å². The lowest BCUT2D eigenvalue weighted by Gasteiger charge is -2.22. The fourth-order valence-electron chi connectivity index (χ4n) is 1.69. The first-order chi connectivity index (χ1) is 9.43. The van der Waals surface area contributed by atoms with Gasteiger partial charge in [0, 0.05) is 18.9 Å². The second kappa shape index (κ2) is 5.36. The molecular formula is C13H12F3N3O. The van der Waals surface area contributed by atoms with Crippen LogP contribution in [0, 0.1) is 0 Å². The molecule has 0 spiro atoms. The van der Waals surface area contributed by atoms with Crippen molar-refractivity contribution in [2.75, 3.05) is 19.1 Å². The van der Waals surface area contributed by atoms with Crippen molar-refractivity contribution in [1.29, 1.82) is 0 Å². The number of halogens is 3. The van der Waals surface area contributed by atoms with Crippen LogP contribution in [0.2, 0.25) is 0 Å². The fourth-order valence-corrected chi connectivity index (χ4v) is 1.69. The van der Waals surface area contributed by atoms with E-state index in [2.05, 4.69) is 9.97 Å². The number of ether oxygens (including phenoxy) is 1. The Bertz CT molecular complexity index is 587. The predicted molar refractivity (Wildman–Crippen MR) is 68.1 cm³/mol. The first kappa shape index (κ1) is 14.1. The van der Waals surface area contributed by atoms with Gasteiger partial charge in [-0.2, -0.15) is 18.2 Å². The smallest absolute Gasteiger partial charge is 0.421 e. The number of hydrogen-bond acceptors (Lipinski definition) is 4. The zero-order chi connectivity index (χ0) is 14.8. The highest BCUT2D eigenvalue weighted by atomic mass is 19.4. The predicted octanol–water partition coefficient (Wildman–Crippen LogP) is 3.27. The van der Waals surface area contributed by atoms with Crippen molar-refractivity contribution in [2.45, 2.75) is 6.18 Å². The molecule has 1 aromatic carbocycles. The van der Waals surface area contributed by atoms with Crippen molar-refractivity contribution in [3.05, 3.63) is 42.1 Å². The standard InChI is InChI=1S/C13H12F3N3O/c1-19(9-6-4-3-5-7-9)11-10(13(14,15)16)8-17-12(18-11)20-2/h3-8H,1-2H3. The molecule has 0 aliphatic heterocycles. The second-order valence-corrected chi connectivity index (χ2v) is 3.99. The Morgan fingerprint density at radius 2 is 1.80 bits per heavy atom. The number of anilines is 2. The molecule has 2 aromatic rings. The number of para-hydroxylation sites is 1. The molecule has 0 N–H and O–H groups in total. The van der Waals surface area contributed by atoms with Crippen LogP contribution in [-0.2, 0) is 6.18 Å². The molecule has 0 unspecified atom stereocenters. The van der Waals surface area contributed by atoms with Crippen molar-refractivity contribution >= 4 is 11.5 Å². The fraction of sp³-hybridized carbons (Fsp3) is 0.231. The first-order valence-electron chi connectivity index (χ1n) is 5.70. The van der Waals surface area contributed by atoms with E-state index < -0.39 is 11.7 Å². The van der Waals surface area contributed by atoms with Gasteiger partial charge < -0.3 is 9.64 Å². The van der Waals surface area contributed by atoms with E-state index in [0.717, 1.165) is 6.20 Å². The molecule has 0 aliphatic rings. The Morgan fingerprint density at radius 3 is 2.35 bits per heavy atom. The maximum atomic E-state index is 13.0. The van der Waals surface area contributed by atoms with Gasteiger partial charge >= 0.3 is 12.2 Å². The Hall–Kier alpha value is -2.31. The molecule has 4 nitrogen and oxygen atoms in total. The maximum Gasteiger partial charge on any atom is 0.421 e. The van der Waals surface area contributed by atoms with E-state index in [1.165, 1.54) is 19.1 Å². The third kappa shape index (κ3) is 2.81. The summed E-state index contributed by atoms with van der Waals surface area (Å²) in [7, 11) is 2.81. The molecule has 0 aliphatic carbocycles. The van der Waals surface area contributed by atoms with E-state index in [-0.39, 0.29) is 11.8 Å². The lowest BCUT2D eigenvalue weighted by atomic mass is 10.2. The number of aromatic nitrogens is 2. The summed E-state index contributed by atoms with van der Waals surface area (Å²) < 4.78 is 43.8. The molecule has 7 heteroatoms. The second-order valence-electron chi connectivity index (χ2n) is 3.99. The van der Waals surface area contributed by atoms with E-state index in [0.29, 0.717) is 5.69 Å². The summed E-state index contributed by atoms with van der Waals surface area (Å²) >= 11 is 0. The van der Waals surface area contributed by atoms with Crippen LogP contribution in [0.1, 0.15) is 5.56 Å². The minimum atomic E-state index is -4.54. The van der Waals surface area contributed by atoms with Crippen LogP contribution in [0.3, 0.4) is 0 Å². The summed E-state index contributed by atoms with van der Waals surface area (Å²) in [6, 6.07) is 8.51. The van der Waals surface area contributed by atoms with Crippen molar-refractivity contribution in [3.63, 3.8) is 0 Å². The van der Waals surface area contributed by atoms with Crippen LogP contribution in [0.4, 0.5) is 24.7 Å². The van der Waals surface area contributed by atoms with Crippen LogP contribution in [0.15, 0.2) is 36.5 Å². The number of methoxy groups -OCH3 is 1. The van der Waals surface area contributed by atoms with Gasteiger partial charge in [0.05, 0.1) is 7.11 Å². The van der Waals surface area contributed by atoms with Crippen LogP contribution in [0.5, 0.6) is 6.01 Å². The largest absolute Gasteiger partial charge is 0.467 e. The molecule has 1 aromatic heterocycles. The molecule has 0 fully saturated rings. The molecule has 20 heavy (non-hydrogen) atoms. The molecule has 0 radical (unpaired) electrons. The van der Waals surface area contributed by atoms with Gasteiger partial charge in [0.25, 0.3) is 0 Å². The number of benzene rings is 1. The lowest BCUT2D eigenvalue weighted by Crippen LogP contribution is -2.19. The van der Waals surface area contributed by atoms with Gasteiger partial charge in [-0.25, -0.2) is 4.98 Å². The molecule has 0 saturated heterocycles. The average Bonchev–Trinajstić information content (AvgIpc) is 2.45. The van der Waals surface area contributed by atoms with Gasteiger partial charge in [0.15, 0.2) is 5.82 Å². The Balaban J connectivity index is 2.53. The molecule has 0 bridgehead atoms. The van der Waals surface area contributed by atoms with Gasteiger partial charge in [-0.15, -0.1) is 0 Å². The van der Waals surface area contributed by atoms with Crippen LogP contribution < -0.4 is 9.64 Å². The van der Waals surface area contributed by atoms with Crippen molar-refractivity contribution in [2.24, 2.45) is 0 Å². The summed E-state index contributed by atoms with van der Waals surface area (Å²) in [4.78, 5) is 8.67. The maximum absolute atomic E-state index is 13.0. The minimum Gasteiger partial charge on any atom is -0.467 e. The Morgan fingerprint density at radius 1 is 1.15 bits per heavy atom. The summed E-state index contributed by atoms with van der Waals surface area (Å²) in [6.45, 7) is 0. The summed E-state index contributed by atoms with van der Waals surface area (Å²) in [5.74, 6) is -0.254. The number of nitrogens with zero attached hydrogens (tertiary/aromatic N) is 3. The normalized spacial score (nSPS) is 11.2. The highest BCUT2D eigenvalue weighted by Gasteiger charge is 2.36. The number of rotatable bonds is 3. The number of hydrogen-bond donors (Lipinski definition) is 0. The monoisotopic (exact) mass is 283 g/mol. The molecule has 2 rings (SSSR count). The van der Waals surface area contributed by atoms with Crippen molar-refractivity contribution < 1.29 is 17.9 Å². The van der Waals surface area contributed by atoms with Crippen LogP contribution >= 0.6 is 0 Å². The summed E-state index contributed by atoms with van der Waals surface area (Å²) in [5, 5.41) is 0. The van der Waals surface area contributed by atoms with E-state index >= 15 is 0 Å². The van der Waals surface area contributed by atoms with Crippen molar-refractivity contribution in [1.82, 2.24) is 9.97 Å². The SMILES string of the molecule is COc1ncc(C(F)(F)F)c(N(C)c2ccccc2)n1. The quantitative estimate of drug-likeness (QED) is 0.866. The van der Waals surface area contributed by atoms with E-state index in [1.54, 1.807) is 30.3 Å². The average molecular weight is 283 g/mol. The Kier molecular flexibility index (Phi) is 3.78. The molecule has 0 amide bonds. The van der Waals surface area contributed by atoms with E-state index in [9.17, 15) is 13.2 Å². The highest BCUT2D eigenvalue weighted by Crippen LogP contribution is 2.37. The van der Waals surface area contributed by atoms with Gasteiger partial charge in [-0.1, -0.05) is 18.2 Å². The minimum absolute atomic E-state index is 0.115. The Labute approximate surface area is 113 Å². The van der Waals surface area contributed by atoms with E-state index in [1.807, 2.05) is 0 Å². The molecule has 0 atom stereocenters. The molecule has 1 heterocycles. The summed E-state index contributed by atoms with van der Waals surface area (Å²) in [5.41, 5.74) is -0.330. The lowest BCUT2D eigenvalue weighted by molar-refractivity contribution is -0.137. The molecule has 0 saturated carbocycles. The van der Waals surface area contributed by atoms with Crippen LogP contribution in [-0.4, -0.2) is 24.1 Å². The first-order valence-corrected chi connectivity index (χ1v) is 5.70. The third-order valence-electron chi connectivity index (χ3n) is 2.70. The van der Waals surface area contributed by atoms with Crippen molar-refractivity contribution in [3.8, 4) is 6.01 Å². The number of alkyl halides is 3. The third-order valence-corrected chi connectivity index (χ3v) is 2.70.